The Kier molecular flexibility index (Phi) is 6.81. The van der Waals surface area contributed by atoms with Crippen LogP contribution in [-0.4, -0.2) is 29.9 Å². The quantitative estimate of drug-likeness (QED) is 0.623. The van der Waals surface area contributed by atoms with E-state index in [-0.39, 0.29) is 11.8 Å². The molecule has 1 atom stereocenters. The zero-order valence-electron chi connectivity index (χ0n) is 15.8. The number of hydrogen-bond acceptors (Lipinski definition) is 4. The summed E-state index contributed by atoms with van der Waals surface area (Å²) in [5, 5.41) is 6.13. The predicted molar refractivity (Wildman–Crippen MR) is 112 cm³/mol. The van der Waals surface area contributed by atoms with Crippen molar-refractivity contribution in [1.29, 1.82) is 0 Å². The molecule has 2 N–H and O–H groups in total. The largest absolute Gasteiger partial charge is 0.481 e. The smallest absolute Gasteiger partial charge is 0.251 e. The summed E-state index contributed by atoms with van der Waals surface area (Å²) in [5.74, 6) is -0.256. The Labute approximate surface area is 173 Å². The third-order valence-corrected chi connectivity index (χ3v) is 4.48. The third-order valence-electron chi connectivity index (χ3n) is 4.22. The average molecular weight is 410 g/mol. The van der Waals surface area contributed by atoms with Gasteiger partial charge in [0.25, 0.3) is 5.91 Å². The van der Waals surface area contributed by atoms with Crippen LogP contribution < -0.4 is 15.4 Å². The van der Waals surface area contributed by atoms with Crippen LogP contribution in [0.25, 0.3) is 0 Å². The minimum Gasteiger partial charge on any atom is -0.481 e. The second kappa shape index (κ2) is 9.71. The van der Waals surface area contributed by atoms with E-state index >= 15 is 0 Å². The lowest BCUT2D eigenvalue weighted by molar-refractivity contribution is -0.118. The second-order valence-electron chi connectivity index (χ2n) is 6.30. The summed E-state index contributed by atoms with van der Waals surface area (Å²) in [6, 6.07) is 18.5. The summed E-state index contributed by atoms with van der Waals surface area (Å²) in [7, 11) is 1.52. The molecule has 7 heteroatoms. The number of ether oxygens (including phenoxy) is 1. The first kappa shape index (κ1) is 20.4. The molecular formula is C22H20ClN3O3. The van der Waals surface area contributed by atoms with Crippen molar-refractivity contribution in [1.82, 2.24) is 10.3 Å². The summed E-state index contributed by atoms with van der Waals surface area (Å²) in [6.07, 6.45) is 1.84. The maximum Gasteiger partial charge on any atom is 0.251 e. The van der Waals surface area contributed by atoms with Gasteiger partial charge in [0.1, 0.15) is 6.04 Å². The Morgan fingerprint density at radius 3 is 2.38 bits per heavy atom. The zero-order valence-corrected chi connectivity index (χ0v) is 16.5. The van der Waals surface area contributed by atoms with E-state index in [9.17, 15) is 9.59 Å². The number of hydrogen-bond donors (Lipinski definition) is 2. The average Bonchev–Trinajstić information content (AvgIpc) is 2.75. The Hall–Kier alpha value is -3.38. The van der Waals surface area contributed by atoms with Crippen LogP contribution in [0.2, 0.25) is 5.02 Å². The Bertz CT molecular complexity index is 961. The lowest BCUT2D eigenvalue weighted by atomic mass is 10.0. The number of carbonyl (C=O) groups is 2. The number of nitrogens with zero attached hydrogens (tertiary/aromatic N) is 1. The Balaban J connectivity index is 1.76. The highest BCUT2D eigenvalue weighted by atomic mass is 35.5. The molecule has 0 aliphatic heterocycles. The number of carbonyl (C=O) groups excluding carboxylic acids is 2. The van der Waals surface area contributed by atoms with Crippen LogP contribution >= 0.6 is 11.6 Å². The van der Waals surface area contributed by atoms with Gasteiger partial charge in [0.05, 0.1) is 19.0 Å². The standard InChI is InChI=1S/C22H20ClN3O3/c1-29-20-12-11-18(14-24-20)25-22(28)19(13-15-5-3-2-4-6-15)26-21(27)16-7-9-17(23)10-8-16/h2-12,14,19H,13H2,1H3,(H,25,28)(H,26,27). The predicted octanol–water partition coefficient (Wildman–Crippen LogP) is 3.72. The van der Waals surface area contributed by atoms with Crippen LogP contribution in [0.4, 0.5) is 5.69 Å². The van der Waals surface area contributed by atoms with Crippen LogP contribution in [0.15, 0.2) is 72.9 Å². The number of anilines is 1. The van der Waals surface area contributed by atoms with E-state index < -0.39 is 6.04 Å². The summed E-state index contributed by atoms with van der Waals surface area (Å²) in [6.45, 7) is 0. The molecule has 3 aromatic rings. The van der Waals surface area contributed by atoms with Gasteiger partial charge < -0.3 is 15.4 Å². The normalized spacial score (nSPS) is 11.4. The van der Waals surface area contributed by atoms with E-state index in [1.807, 2.05) is 30.3 Å². The van der Waals surface area contributed by atoms with Gasteiger partial charge in [0.15, 0.2) is 0 Å². The van der Waals surface area contributed by atoms with Crippen LogP contribution in [-0.2, 0) is 11.2 Å². The zero-order chi connectivity index (χ0) is 20.6. The molecule has 3 rings (SSSR count). The first-order chi connectivity index (χ1) is 14.0. The SMILES string of the molecule is COc1ccc(NC(=O)C(Cc2ccccc2)NC(=O)c2ccc(Cl)cc2)cn1. The van der Waals surface area contributed by atoms with Crippen molar-refractivity contribution in [2.24, 2.45) is 0 Å². The van der Waals surface area contributed by atoms with E-state index in [1.165, 1.54) is 13.3 Å². The number of nitrogens with one attached hydrogen (secondary N) is 2. The highest BCUT2D eigenvalue weighted by Gasteiger charge is 2.22. The van der Waals surface area contributed by atoms with Crippen LogP contribution in [0.1, 0.15) is 15.9 Å². The van der Waals surface area contributed by atoms with Gasteiger partial charge in [-0.15, -0.1) is 0 Å². The summed E-state index contributed by atoms with van der Waals surface area (Å²) >= 11 is 5.88. The molecule has 2 amide bonds. The molecule has 0 radical (unpaired) electrons. The lowest BCUT2D eigenvalue weighted by Gasteiger charge is -2.19. The fourth-order valence-electron chi connectivity index (χ4n) is 2.71. The molecule has 0 aliphatic carbocycles. The van der Waals surface area contributed by atoms with Crippen LogP contribution in [0, 0.1) is 0 Å². The van der Waals surface area contributed by atoms with Gasteiger partial charge in [-0.2, -0.15) is 0 Å². The molecule has 1 heterocycles. The molecule has 29 heavy (non-hydrogen) atoms. The molecule has 6 nitrogen and oxygen atoms in total. The molecule has 2 aromatic carbocycles. The summed E-state index contributed by atoms with van der Waals surface area (Å²) < 4.78 is 5.02. The van der Waals surface area contributed by atoms with Gasteiger partial charge in [-0.05, 0) is 35.9 Å². The third kappa shape index (κ3) is 5.80. The Morgan fingerprint density at radius 2 is 1.76 bits per heavy atom. The van der Waals surface area contributed by atoms with Gasteiger partial charge in [-0.25, -0.2) is 4.98 Å². The molecule has 0 fully saturated rings. The van der Waals surface area contributed by atoms with E-state index in [0.717, 1.165) is 5.56 Å². The van der Waals surface area contributed by atoms with Gasteiger partial charge >= 0.3 is 0 Å². The topological polar surface area (TPSA) is 80.3 Å². The van der Waals surface area contributed by atoms with Crippen molar-refractivity contribution in [3.05, 3.63) is 89.1 Å². The Morgan fingerprint density at radius 1 is 1.03 bits per heavy atom. The minimum atomic E-state index is -0.775. The molecule has 0 saturated carbocycles. The number of amides is 2. The maximum atomic E-state index is 12.9. The first-order valence-corrected chi connectivity index (χ1v) is 9.34. The molecule has 1 aromatic heterocycles. The first-order valence-electron chi connectivity index (χ1n) is 8.96. The summed E-state index contributed by atoms with van der Waals surface area (Å²) in [5.41, 5.74) is 1.86. The van der Waals surface area contributed by atoms with Crippen molar-refractivity contribution in [2.45, 2.75) is 12.5 Å². The minimum absolute atomic E-state index is 0.343. The lowest BCUT2D eigenvalue weighted by Crippen LogP contribution is -2.45. The fraction of sp³-hybridized carbons (Fsp3) is 0.136. The van der Waals surface area contributed by atoms with E-state index in [2.05, 4.69) is 15.6 Å². The van der Waals surface area contributed by atoms with Gasteiger partial charge in [0.2, 0.25) is 11.8 Å². The monoisotopic (exact) mass is 409 g/mol. The highest BCUT2D eigenvalue weighted by molar-refractivity contribution is 6.30. The van der Waals surface area contributed by atoms with Crippen LogP contribution in [0.5, 0.6) is 5.88 Å². The fourth-order valence-corrected chi connectivity index (χ4v) is 2.83. The van der Waals surface area contributed by atoms with Crippen molar-refractivity contribution < 1.29 is 14.3 Å². The van der Waals surface area contributed by atoms with Crippen molar-refractivity contribution in [3.63, 3.8) is 0 Å². The van der Waals surface area contributed by atoms with Crippen LogP contribution in [0.3, 0.4) is 0 Å². The number of pyridine rings is 1. The van der Waals surface area contributed by atoms with E-state index in [4.69, 9.17) is 16.3 Å². The van der Waals surface area contributed by atoms with E-state index in [0.29, 0.717) is 28.6 Å². The van der Waals surface area contributed by atoms with Crippen molar-refractivity contribution in [3.8, 4) is 5.88 Å². The molecule has 0 saturated heterocycles. The maximum absolute atomic E-state index is 12.9. The molecule has 0 spiro atoms. The highest BCUT2D eigenvalue weighted by Crippen LogP contribution is 2.14. The van der Waals surface area contributed by atoms with Gasteiger partial charge in [0, 0.05) is 23.1 Å². The van der Waals surface area contributed by atoms with Crippen molar-refractivity contribution >= 4 is 29.1 Å². The van der Waals surface area contributed by atoms with Gasteiger partial charge in [-0.3, -0.25) is 9.59 Å². The molecule has 148 valence electrons. The summed E-state index contributed by atoms with van der Waals surface area (Å²) in [4.78, 5) is 29.6. The number of methoxy groups -OCH3 is 1. The second-order valence-corrected chi connectivity index (χ2v) is 6.74. The molecule has 1 unspecified atom stereocenters. The number of benzene rings is 2. The van der Waals surface area contributed by atoms with Crippen molar-refractivity contribution in [2.75, 3.05) is 12.4 Å². The molecule has 0 bridgehead atoms. The van der Waals surface area contributed by atoms with E-state index in [1.54, 1.807) is 36.4 Å². The molecular weight excluding hydrogens is 390 g/mol. The number of halogens is 1. The van der Waals surface area contributed by atoms with Gasteiger partial charge in [-0.1, -0.05) is 41.9 Å². The number of rotatable bonds is 7. The number of aromatic nitrogens is 1. The molecule has 0 aliphatic rings.